The SMILES string of the molecule is O=C(Nc1cc(Cl)ccc1F)c1ccccc1O. The van der Waals surface area contributed by atoms with Crippen LogP contribution in [0.1, 0.15) is 10.4 Å². The number of para-hydroxylation sites is 1. The van der Waals surface area contributed by atoms with Crippen LogP contribution < -0.4 is 5.32 Å². The predicted molar refractivity (Wildman–Crippen MR) is 67.5 cm³/mol. The van der Waals surface area contributed by atoms with E-state index in [2.05, 4.69) is 5.32 Å². The van der Waals surface area contributed by atoms with Crippen molar-refractivity contribution in [3.8, 4) is 5.75 Å². The predicted octanol–water partition coefficient (Wildman–Crippen LogP) is 3.44. The average molecular weight is 266 g/mol. The van der Waals surface area contributed by atoms with Gasteiger partial charge in [-0.15, -0.1) is 0 Å². The lowest BCUT2D eigenvalue weighted by atomic mass is 10.2. The second-order valence-corrected chi connectivity index (χ2v) is 4.03. The van der Waals surface area contributed by atoms with Gasteiger partial charge in [-0.05, 0) is 30.3 Å². The lowest BCUT2D eigenvalue weighted by Gasteiger charge is -2.07. The zero-order valence-corrected chi connectivity index (χ0v) is 9.91. The summed E-state index contributed by atoms with van der Waals surface area (Å²) in [7, 11) is 0. The molecule has 2 rings (SSSR count). The highest BCUT2D eigenvalue weighted by molar-refractivity contribution is 6.31. The molecular weight excluding hydrogens is 257 g/mol. The number of hydrogen-bond acceptors (Lipinski definition) is 2. The van der Waals surface area contributed by atoms with Crippen molar-refractivity contribution in [1.82, 2.24) is 0 Å². The first-order chi connectivity index (χ1) is 8.58. The molecule has 0 spiro atoms. The summed E-state index contributed by atoms with van der Waals surface area (Å²) in [6.07, 6.45) is 0. The molecule has 0 heterocycles. The summed E-state index contributed by atoms with van der Waals surface area (Å²) in [5.41, 5.74) is 0.0348. The van der Waals surface area contributed by atoms with Crippen LogP contribution in [-0.2, 0) is 0 Å². The van der Waals surface area contributed by atoms with Gasteiger partial charge in [0.1, 0.15) is 11.6 Å². The van der Waals surface area contributed by atoms with Gasteiger partial charge in [0.05, 0.1) is 11.3 Å². The number of aromatic hydroxyl groups is 1. The lowest BCUT2D eigenvalue weighted by Crippen LogP contribution is -2.13. The minimum atomic E-state index is -0.603. The number of carbonyl (C=O) groups excluding carboxylic acids is 1. The van der Waals surface area contributed by atoms with Gasteiger partial charge in [0.15, 0.2) is 0 Å². The Balaban J connectivity index is 2.27. The highest BCUT2D eigenvalue weighted by atomic mass is 35.5. The number of carbonyl (C=O) groups is 1. The van der Waals surface area contributed by atoms with Crippen LogP contribution in [0.2, 0.25) is 5.02 Å². The molecule has 18 heavy (non-hydrogen) atoms. The van der Waals surface area contributed by atoms with Crippen molar-refractivity contribution in [2.24, 2.45) is 0 Å². The Labute approximate surface area is 108 Å². The van der Waals surface area contributed by atoms with E-state index >= 15 is 0 Å². The molecular formula is C13H9ClFNO2. The molecule has 2 N–H and O–H groups in total. The summed E-state index contributed by atoms with van der Waals surface area (Å²) in [4.78, 5) is 11.8. The number of hydrogen-bond donors (Lipinski definition) is 2. The Morgan fingerprint density at radius 1 is 1.22 bits per heavy atom. The first-order valence-electron chi connectivity index (χ1n) is 5.12. The molecule has 0 fully saturated rings. The molecule has 0 aliphatic heterocycles. The Morgan fingerprint density at radius 2 is 1.94 bits per heavy atom. The minimum absolute atomic E-state index is 0.0317. The minimum Gasteiger partial charge on any atom is -0.507 e. The quantitative estimate of drug-likeness (QED) is 0.874. The zero-order chi connectivity index (χ0) is 13.1. The van der Waals surface area contributed by atoms with Gasteiger partial charge in [0.25, 0.3) is 5.91 Å². The number of rotatable bonds is 2. The Morgan fingerprint density at radius 3 is 2.67 bits per heavy atom. The van der Waals surface area contributed by atoms with Crippen LogP contribution in [-0.4, -0.2) is 11.0 Å². The van der Waals surface area contributed by atoms with Gasteiger partial charge in [-0.25, -0.2) is 4.39 Å². The van der Waals surface area contributed by atoms with E-state index in [-0.39, 0.29) is 17.0 Å². The highest BCUT2D eigenvalue weighted by Crippen LogP contribution is 2.22. The third-order valence-electron chi connectivity index (χ3n) is 2.33. The van der Waals surface area contributed by atoms with E-state index in [4.69, 9.17) is 11.6 Å². The number of benzene rings is 2. The molecule has 2 aromatic rings. The molecule has 3 nitrogen and oxygen atoms in total. The topological polar surface area (TPSA) is 49.3 Å². The molecule has 0 saturated heterocycles. The van der Waals surface area contributed by atoms with Crippen LogP contribution in [0, 0.1) is 5.82 Å². The normalized spacial score (nSPS) is 10.1. The van der Waals surface area contributed by atoms with Gasteiger partial charge >= 0.3 is 0 Å². The first kappa shape index (κ1) is 12.4. The Bertz CT molecular complexity index is 601. The smallest absolute Gasteiger partial charge is 0.259 e. The Hall–Kier alpha value is -2.07. The maximum absolute atomic E-state index is 13.4. The van der Waals surface area contributed by atoms with E-state index in [1.165, 1.54) is 24.3 Å². The number of nitrogens with one attached hydrogen (secondary N) is 1. The van der Waals surface area contributed by atoms with E-state index in [9.17, 15) is 14.3 Å². The van der Waals surface area contributed by atoms with Crippen molar-refractivity contribution in [2.45, 2.75) is 0 Å². The summed E-state index contributed by atoms with van der Waals surface area (Å²) < 4.78 is 13.4. The maximum Gasteiger partial charge on any atom is 0.259 e. The molecule has 5 heteroatoms. The summed E-state index contributed by atoms with van der Waals surface area (Å²) in [6, 6.07) is 9.84. The van der Waals surface area contributed by atoms with Crippen LogP contribution in [0.3, 0.4) is 0 Å². The van der Waals surface area contributed by atoms with Gasteiger partial charge in [-0.2, -0.15) is 0 Å². The average Bonchev–Trinajstić information content (AvgIpc) is 2.34. The molecule has 0 saturated carbocycles. The monoisotopic (exact) mass is 265 g/mol. The van der Waals surface area contributed by atoms with Crippen LogP contribution in [0.25, 0.3) is 0 Å². The van der Waals surface area contributed by atoms with Crippen molar-refractivity contribution in [2.75, 3.05) is 5.32 Å². The van der Waals surface area contributed by atoms with Gasteiger partial charge in [-0.1, -0.05) is 23.7 Å². The zero-order valence-electron chi connectivity index (χ0n) is 9.15. The van der Waals surface area contributed by atoms with Crippen molar-refractivity contribution >= 4 is 23.2 Å². The highest BCUT2D eigenvalue weighted by Gasteiger charge is 2.12. The molecule has 0 aliphatic carbocycles. The van der Waals surface area contributed by atoms with Crippen LogP contribution in [0.15, 0.2) is 42.5 Å². The van der Waals surface area contributed by atoms with Gasteiger partial charge in [0, 0.05) is 5.02 Å². The fraction of sp³-hybridized carbons (Fsp3) is 0. The lowest BCUT2D eigenvalue weighted by molar-refractivity contribution is 0.102. The van der Waals surface area contributed by atoms with Gasteiger partial charge in [-0.3, -0.25) is 4.79 Å². The van der Waals surface area contributed by atoms with Crippen molar-refractivity contribution in [3.63, 3.8) is 0 Å². The van der Waals surface area contributed by atoms with E-state index in [1.807, 2.05) is 0 Å². The van der Waals surface area contributed by atoms with Gasteiger partial charge in [0.2, 0.25) is 0 Å². The van der Waals surface area contributed by atoms with Gasteiger partial charge < -0.3 is 10.4 Å². The molecule has 0 aromatic heterocycles. The molecule has 0 aliphatic rings. The number of phenolic OH excluding ortho intramolecular Hbond substituents is 1. The Kier molecular flexibility index (Phi) is 3.48. The third kappa shape index (κ3) is 2.60. The van der Waals surface area contributed by atoms with E-state index in [0.29, 0.717) is 5.02 Å². The fourth-order valence-corrected chi connectivity index (χ4v) is 1.62. The summed E-state index contributed by atoms with van der Waals surface area (Å²) >= 11 is 5.71. The summed E-state index contributed by atoms with van der Waals surface area (Å²) in [5, 5.41) is 12.2. The molecule has 1 amide bonds. The van der Waals surface area contributed by atoms with Crippen molar-refractivity contribution < 1.29 is 14.3 Å². The number of amides is 1. The number of halogens is 2. The summed E-state index contributed by atoms with van der Waals surface area (Å²) in [5.74, 6) is -1.37. The third-order valence-corrected chi connectivity index (χ3v) is 2.56. The second-order valence-electron chi connectivity index (χ2n) is 3.60. The van der Waals surface area contributed by atoms with Crippen molar-refractivity contribution in [1.29, 1.82) is 0 Å². The molecule has 0 radical (unpaired) electrons. The van der Waals surface area contributed by atoms with Crippen LogP contribution in [0.4, 0.5) is 10.1 Å². The molecule has 0 atom stereocenters. The molecule has 0 unspecified atom stereocenters. The fourth-order valence-electron chi connectivity index (χ4n) is 1.45. The molecule has 92 valence electrons. The summed E-state index contributed by atoms with van der Waals surface area (Å²) in [6.45, 7) is 0. The van der Waals surface area contributed by atoms with E-state index in [1.54, 1.807) is 12.1 Å². The van der Waals surface area contributed by atoms with E-state index in [0.717, 1.165) is 6.07 Å². The standard InChI is InChI=1S/C13H9ClFNO2/c14-8-5-6-10(15)11(7-8)16-13(18)9-3-1-2-4-12(9)17/h1-7,17H,(H,16,18). The first-order valence-corrected chi connectivity index (χ1v) is 5.50. The molecule has 0 bridgehead atoms. The number of phenols is 1. The number of anilines is 1. The maximum atomic E-state index is 13.4. The largest absolute Gasteiger partial charge is 0.507 e. The molecule has 2 aromatic carbocycles. The van der Waals surface area contributed by atoms with Crippen LogP contribution in [0.5, 0.6) is 5.75 Å². The van der Waals surface area contributed by atoms with Crippen molar-refractivity contribution in [3.05, 3.63) is 58.9 Å². The second kappa shape index (κ2) is 5.06. The van der Waals surface area contributed by atoms with Crippen LogP contribution >= 0.6 is 11.6 Å². The van der Waals surface area contributed by atoms with E-state index < -0.39 is 11.7 Å².